The summed E-state index contributed by atoms with van der Waals surface area (Å²) in [5, 5.41) is 4.50. The third-order valence-corrected chi connectivity index (χ3v) is 3.11. The number of benzene rings is 1. The minimum absolute atomic E-state index is 0.0909. The van der Waals surface area contributed by atoms with Crippen molar-refractivity contribution in [2.75, 3.05) is 0 Å². The molecule has 2 rings (SSSR count). The van der Waals surface area contributed by atoms with Crippen LogP contribution >= 0.6 is 27.5 Å². The predicted octanol–water partition coefficient (Wildman–Crippen LogP) is 1.59. The quantitative estimate of drug-likeness (QED) is 0.929. The van der Waals surface area contributed by atoms with Gasteiger partial charge >= 0.3 is 5.69 Å². The van der Waals surface area contributed by atoms with Crippen molar-refractivity contribution >= 4 is 27.5 Å². The lowest BCUT2D eigenvalue weighted by molar-refractivity contribution is 0.548. The highest BCUT2D eigenvalue weighted by Crippen LogP contribution is 2.11. The first-order valence-electron chi connectivity index (χ1n) is 5.17. The van der Waals surface area contributed by atoms with Crippen molar-refractivity contribution in [3.63, 3.8) is 0 Å². The molecule has 7 heteroatoms. The van der Waals surface area contributed by atoms with Crippen LogP contribution in [-0.2, 0) is 13.0 Å². The average molecular weight is 331 g/mol. The largest absolute Gasteiger partial charge is 0.344 e. The maximum atomic E-state index is 11.5. The Balaban J connectivity index is 2.18. The van der Waals surface area contributed by atoms with E-state index in [4.69, 9.17) is 11.6 Å². The van der Waals surface area contributed by atoms with Gasteiger partial charge in [0.05, 0.1) is 6.54 Å². The molecule has 0 aliphatic rings. The van der Waals surface area contributed by atoms with Crippen molar-refractivity contribution in [3.05, 3.63) is 60.3 Å². The standard InChI is InChI=1S/C11H9BrClN3O2/c12-9-10(17)14-11(18)16(15-9)5-4-7-2-1-3-8(13)6-7/h1-3,6H,4-5H2,(H,14,17,18). The Kier molecular flexibility index (Phi) is 3.98. The smallest absolute Gasteiger partial charge is 0.270 e. The highest BCUT2D eigenvalue weighted by Gasteiger charge is 2.04. The second kappa shape index (κ2) is 5.49. The maximum Gasteiger partial charge on any atom is 0.344 e. The van der Waals surface area contributed by atoms with Crippen molar-refractivity contribution in [2.24, 2.45) is 0 Å². The minimum atomic E-state index is -0.529. The zero-order valence-electron chi connectivity index (χ0n) is 9.19. The number of halogens is 2. The number of hydrogen-bond acceptors (Lipinski definition) is 3. The van der Waals surface area contributed by atoms with E-state index < -0.39 is 11.2 Å². The number of nitrogens with zero attached hydrogens (tertiary/aromatic N) is 2. The molecule has 0 radical (unpaired) electrons. The Morgan fingerprint density at radius 2 is 2.17 bits per heavy atom. The zero-order chi connectivity index (χ0) is 13.1. The van der Waals surface area contributed by atoms with Crippen molar-refractivity contribution in [3.8, 4) is 0 Å². The van der Waals surface area contributed by atoms with Crippen molar-refractivity contribution < 1.29 is 0 Å². The molecule has 0 aliphatic heterocycles. The van der Waals surface area contributed by atoms with Crippen molar-refractivity contribution in [1.29, 1.82) is 0 Å². The summed E-state index contributed by atoms with van der Waals surface area (Å²) in [5.41, 5.74) is -0.0530. The molecule has 0 spiro atoms. The van der Waals surface area contributed by atoms with E-state index in [0.29, 0.717) is 18.0 Å². The Hall–Kier alpha value is -1.40. The third kappa shape index (κ3) is 3.08. The van der Waals surface area contributed by atoms with E-state index in [2.05, 4.69) is 26.0 Å². The van der Waals surface area contributed by atoms with Crippen LogP contribution in [0, 0.1) is 0 Å². The summed E-state index contributed by atoms with van der Waals surface area (Å²) in [6.07, 6.45) is 0.603. The van der Waals surface area contributed by atoms with Gasteiger partial charge in [-0.15, -0.1) is 0 Å². The number of nitrogens with one attached hydrogen (secondary N) is 1. The van der Waals surface area contributed by atoms with Crippen LogP contribution in [0.15, 0.2) is 38.5 Å². The first-order chi connectivity index (χ1) is 8.56. The lowest BCUT2D eigenvalue weighted by Crippen LogP contribution is -2.33. The van der Waals surface area contributed by atoms with Gasteiger partial charge in [-0.05, 0) is 40.0 Å². The van der Waals surface area contributed by atoms with Gasteiger partial charge in [0.25, 0.3) is 5.56 Å². The molecule has 94 valence electrons. The van der Waals surface area contributed by atoms with Crippen LogP contribution in [0.25, 0.3) is 0 Å². The summed E-state index contributed by atoms with van der Waals surface area (Å²) in [6.45, 7) is 0.370. The average Bonchev–Trinajstić information content (AvgIpc) is 2.32. The fraction of sp³-hybridized carbons (Fsp3) is 0.182. The monoisotopic (exact) mass is 329 g/mol. The second-order valence-corrected chi connectivity index (χ2v) is 4.84. The van der Waals surface area contributed by atoms with Gasteiger partial charge in [0.15, 0.2) is 4.60 Å². The van der Waals surface area contributed by atoms with Crippen molar-refractivity contribution in [2.45, 2.75) is 13.0 Å². The minimum Gasteiger partial charge on any atom is -0.270 e. The van der Waals surface area contributed by atoms with Crippen LogP contribution in [-0.4, -0.2) is 14.8 Å². The Labute approximate surface area is 116 Å². The third-order valence-electron chi connectivity index (χ3n) is 2.35. The molecule has 0 saturated heterocycles. The first-order valence-corrected chi connectivity index (χ1v) is 6.35. The molecular weight excluding hydrogens is 321 g/mol. The fourth-order valence-corrected chi connectivity index (χ4v) is 1.99. The lowest BCUT2D eigenvalue weighted by Gasteiger charge is -2.04. The van der Waals surface area contributed by atoms with Crippen LogP contribution in [0.5, 0.6) is 0 Å². The van der Waals surface area contributed by atoms with Crippen LogP contribution < -0.4 is 11.2 Å². The van der Waals surface area contributed by atoms with Gasteiger partial charge in [-0.2, -0.15) is 5.10 Å². The Bertz CT molecular complexity index is 680. The van der Waals surface area contributed by atoms with E-state index in [0.717, 1.165) is 5.56 Å². The van der Waals surface area contributed by atoms with Crippen LogP contribution in [0.1, 0.15) is 5.56 Å². The zero-order valence-corrected chi connectivity index (χ0v) is 11.5. The van der Waals surface area contributed by atoms with Gasteiger partial charge in [0.2, 0.25) is 0 Å². The Morgan fingerprint density at radius 3 is 2.89 bits per heavy atom. The first kappa shape index (κ1) is 13.0. The summed E-state index contributed by atoms with van der Waals surface area (Å²) < 4.78 is 1.29. The second-order valence-electron chi connectivity index (χ2n) is 3.65. The number of aryl methyl sites for hydroxylation is 2. The summed E-state index contributed by atoms with van der Waals surface area (Å²) in [6, 6.07) is 7.37. The summed E-state index contributed by atoms with van der Waals surface area (Å²) >= 11 is 8.85. The molecule has 0 unspecified atom stereocenters. The number of rotatable bonds is 3. The van der Waals surface area contributed by atoms with E-state index in [1.165, 1.54) is 4.68 Å². The fourth-order valence-electron chi connectivity index (χ4n) is 1.49. The Morgan fingerprint density at radius 1 is 1.39 bits per heavy atom. The highest BCUT2D eigenvalue weighted by atomic mass is 79.9. The molecule has 0 saturated carbocycles. The molecular formula is C11H9BrClN3O2. The molecule has 5 nitrogen and oxygen atoms in total. The van der Waals surface area contributed by atoms with Gasteiger partial charge in [-0.1, -0.05) is 23.7 Å². The van der Waals surface area contributed by atoms with Crippen LogP contribution in [0.4, 0.5) is 0 Å². The van der Waals surface area contributed by atoms with Gasteiger partial charge in [0, 0.05) is 5.02 Å². The predicted molar refractivity (Wildman–Crippen MR) is 72.0 cm³/mol. The number of hydrogen-bond donors (Lipinski definition) is 1. The number of aromatic nitrogens is 3. The van der Waals surface area contributed by atoms with Crippen molar-refractivity contribution in [1.82, 2.24) is 14.8 Å². The van der Waals surface area contributed by atoms with Crippen LogP contribution in [0.2, 0.25) is 5.02 Å². The topological polar surface area (TPSA) is 67.8 Å². The summed E-state index contributed by atoms with van der Waals surface area (Å²) in [4.78, 5) is 24.8. The molecule has 0 bridgehead atoms. The maximum absolute atomic E-state index is 11.5. The van der Waals surface area contributed by atoms with E-state index >= 15 is 0 Å². The molecule has 0 atom stereocenters. The van der Waals surface area contributed by atoms with E-state index in [-0.39, 0.29) is 4.60 Å². The summed E-state index contributed by atoms with van der Waals surface area (Å²) in [5.74, 6) is 0. The van der Waals surface area contributed by atoms with E-state index in [9.17, 15) is 9.59 Å². The highest BCUT2D eigenvalue weighted by molar-refractivity contribution is 9.10. The molecule has 1 aromatic carbocycles. The van der Waals surface area contributed by atoms with Gasteiger partial charge in [-0.3, -0.25) is 9.78 Å². The normalized spacial score (nSPS) is 10.6. The molecule has 2 aromatic rings. The van der Waals surface area contributed by atoms with Gasteiger partial charge < -0.3 is 0 Å². The molecule has 0 aliphatic carbocycles. The van der Waals surface area contributed by atoms with Crippen LogP contribution in [0.3, 0.4) is 0 Å². The van der Waals surface area contributed by atoms with Gasteiger partial charge in [-0.25, -0.2) is 9.48 Å². The number of H-pyrrole nitrogens is 1. The summed E-state index contributed by atoms with van der Waals surface area (Å²) in [7, 11) is 0. The molecule has 1 heterocycles. The molecule has 18 heavy (non-hydrogen) atoms. The van der Waals surface area contributed by atoms with Gasteiger partial charge in [0.1, 0.15) is 0 Å². The lowest BCUT2D eigenvalue weighted by atomic mass is 10.1. The van der Waals surface area contributed by atoms with E-state index in [1.807, 2.05) is 18.2 Å². The van der Waals surface area contributed by atoms with E-state index in [1.54, 1.807) is 6.07 Å². The molecule has 0 amide bonds. The SMILES string of the molecule is O=c1[nH]c(=O)n(CCc2cccc(Cl)c2)nc1Br. The molecule has 0 fully saturated rings. The number of aromatic amines is 1. The molecule has 1 N–H and O–H groups in total. The molecule has 1 aromatic heterocycles.